The van der Waals surface area contributed by atoms with Crippen molar-refractivity contribution >= 4 is 22.6 Å². The van der Waals surface area contributed by atoms with Crippen LogP contribution in [0.5, 0.6) is 5.75 Å². The Morgan fingerprint density at radius 3 is 2.31 bits per heavy atom. The summed E-state index contributed by atoms with van der Waals surface area (Å²) in [5, 5.41) is 0. The number of halogens is 6. The maximum atomic E-state index is 12.2. The van der Waals surface area contributed by atoms with E-state index in [0.717, 1.165) is 18.2 Å². The van der Waals surface area contributed by atoms with E-state index in [1.54, 1.807) is 22.6 Å². The number of alkyl halides is 5. The van der Waals surface area contributed by atoms with Crippen molar-refractivity contribution in [2.24, 2.45) is 0 Å². The Labute approximate surface area is 102 Å². The smallest absolute Gasteiger partial charge is 0.416 e. The van der Waals surface area contributed by atoms with Gasteiger partial charge in [0, 0.05) is 0 Å². The minimum atomic E-state index is -4.44. The van der Waals surface area contributed by atoms with E-state index in [9.17, 15) is 22.0 Å². The highest BCUT2D eigenvalue weighted by atomic mass is 127. The molecule has 0 spiro atoms. The van der Waals surface area contributed by atoms with Gasteiger partial charge in [-0.15, -0.1) is 0 Å². The molecule has 1 aromatic rings. The molecule has 1 aromatic carbocycles. The van der Waals surface area contributed by atoms with Crippen molar-refractivity contribution in [3.8, 4) is 5.75 Å². The summed E-state index contributed by atoms with van der Waals surface area (Å²) >= 11 is 1.60. The van der Waals surface area contributed by atoms with Gasteiger partial charge in [0.05, 0.1) is 9.13 Å². The van der Waals surface area contributed by atoms with Crippen LogP contribution in [0.3, 0.4) is 0 Å². The molecule has 0 amide bonds. The van der Waals surface area contributed by atoms with Crippen molar-refractivity contribution < 1.29 is 26.7 Å². The Morgan fingerprint density at radius 1 is 1.25 bits per heavy atom. The van der Waals surface area contributed by atoms with E-state index in [-0.39, 0.29) is 9.32 Å². The molecule has 0 aliphatic carbocycles. The van der Waals surface area contributed by atoms with E-state index in [4.69, 9.17) is 0 Å². The lowest BCUT2D eigenvalue weighted by Gasteiger charge is -2.11. The van der Waals surface area contributed by atoms with Crippen LogP contribution in [0.15, 0.2) is 18.2 Å². The number of benzene rings is 1. The molecule has 0 heterocycles. The molecule has 90 valence electrons. The zero-order chi connectivity index (χ0) is 12.3. The highest BCUT2D eigenvalue weighted by Crippen LogP contribution is 2.33. The Kier molecular flexibility index (Phi) is 4.34. The van der Waals surface area contributed by atoms with Crippen LogP contribution in [-0.2, 0) is 6.18 Å². The first kappa shape index (κ1) is 13.5. The monoisotopic (exact) mass is 352 g/mol. The van der Waals surface area contributed by atoms with Gasteiger partial charge in [0.25, 0.3) is 6.43 Å². The van der Waals surface area contributed by atoms with Gasteiger partial charge in [-0.3, -0.25) is 0 Å². The average Bonchev–Trinajstić information content (AvgIpc) is 2.14. The summed E-state index contributed by atoms with van der Waals surface area (Å²) in [4.78, 5) is 0. The van der Waals surface area contributed by atoms with E-state index in [1.807, 2.05) is 0 Å². The Bertz CT molecular complexity index is 363. The molecule has 0 saturated heterocycles. The first-order valence-electron chi connectivity index (χ1n) is 4.08. The topological polar surface area (TPSA) is 9.23 Å². The van der Waals surface area contributed by atoms with Gasteiger partial charge in [0.1, 0.15) is 12.4 Å². The molecule has 0 unspecified atom stereocenters. The normalized spacial score (nSPS) is 11.9. The summed E-state index contributed by atoms with van der Waals surface area (Å²) < 4.78 is 65.2. The van der Waals surface area contributed by atoms with Crippen molar-refractivity contribution in [1.82, 2.24) is 0 Å². The van der Waals surface area contributed by atoms with E-state index in [0.29, 0.717) is 0 Å². The molecule has 0 saturated carbocycles. The third-order valence-electron chi connectivity index (χ3n) is 1.62. The first-order chi connectivity index (χ1) is 7.30. The van der Waals surface area contributed by atoms with Gasteiger partial charge in [-0.25, -0.2) is 8.78 Å². The third-order valence-corrected chi connectivity index (χ3v) is 2.47. The zero-order valence-electron chi connectivity index (χ0n) is 7.69. The molecule has 0 aliphatic rings. The number of hydrogen-bond acceptors (Lipinski definition) is 1. The standard InChI is InChI=1S/C9H6F5IO/c10-8(11)4-16-7-2-1-5(3-6(7)15)9(12,13)14/h1-3,8H,4H2. The van der Waals surface area contributed by atoms with Crippen molar-refractivity contribution in [3.63, 3.8) is 0 Å². The van der Waals surface area contributed by atoms with Crippen molar-refractivity contribution in [2.45, 2.75) is 12.6 Å². The highest BCUT2D eigenvalue weighted by molar-refractivity contribution is 14.1. The molecule has 1 nitrogen and oxygen atoms in total. The SMILES string of the molecule is FC(F)COc1ccc(C(F)(F)F)cc1I. The fourth-order valence-electron chi connectivity index (χ4n) is 0.947. The third kappa shape index (κ3) is 3.76. The van der Waals surface area contributed by atoms with Gasteiger partial charge in [0.2, 0.25) is 0 Å². The molecular formula is C9H6F5IO. The minimum Gasteiger partial charge on any atom is -0.487 e. The lowest BCUT2D eigenvalue weighted by molar-refractivity contribution is -0.137. The molecule has 0 aliphatic heterocycles. The predicted molar refractivity (Wildman–Crippen MR) is 55.7 cm³/mol. The van der Waals surface area contributed by atoms with Crippen molar-refractivity contribution in [2.75, 3.05) is 6.61 Å². The summed E-state index contributed by atoms with van der Waals surface area (Å²) in [6.07, 6.45) is -7.10. The summed E-state index contributed by atoms with van der Waals surface area (Å²) in [6, 6.07) is 2.68. The van der Waals surface area contributed by atoms with Crippen LogP contribution in [-0.4, -0.2) is 13.0 Å². The second kappa shape index (κ2) is 5.15. The zero-order valence-corrected chi connectivity index (χ0v) is 9.85. The second-order valence-corrected chi connectivity index (χ2v) is 4.01. The second-order valence-electron chi connectivity index (χ2n) is 2.85. The first-order valence-corrected chi connectivity index (χ1v) is 5.16. The average molecular weight is 352 g/mol. The van der Waals surface area contributed by atoms with Gasteiger partial charge in [-0.05, 0) is 40.8 Å². The van der Waals surface area contributed by atoms with Crippen LogP contribution in [0.1, 0.15) is 5.56 Å². The minimum absolute atomic E-state index is 0.0221. The van der Waals surface area contributed by atoms with E-state index in [1.165, 1.54) is 0 Å². The van der Waals surface area contributed by atoms with E-state index < -0.39 is 24.8 Å². The van der Waals surface area contributed by atoms with Crippen molar-refractivity contribution in [1.29, 1.82) is 0 Å². The largest absolute Gasteiger partial charge is 0.487 e. The Balaban J connectivity index is 2.84. The molecule has 0 aromatic heterocycles. The molecule has 16 heavy (non-hydrogen) atoms. The maximum Gasteiger partial charge on any atom is 0.416 e. The molecule has 0 radical (unpaired) electrons. The van der Waals surface area contributed by atoms with Gasteiger partial charge >= 0.3 is 6.18 Å². The molecule has 0 atom stereocenters. The van der Waals surface area contributed by atoms with E-state index in [2.05, 4.69) is 4.74 Å². The fourth-order valence-corrected chi connectivity index (χ4v) is 1.62. The summed E-state index contributed by atoms with van der Waals surface area (Å²) in [5.41, 5.74) is -0.832. The van der Waals surface area contributed by atoms with Crippen LogP contribution in [0.25, 0.3) is 0 Å². The molecular weight excluding hydrogens is 346 g/mol. The Hall–Kier alpha value is -0.600. The number of rotatable bonds is 3. The van der Waals surface area contributed by atoms with Crippen LogP contribution in [0, 0.1) is 3.57 Å². The van der Waals surface area contributed by atoms with E-state index >= 15 is 0 Å². The summed E-state index contributed by atoms with van der Waals surface area (Å²) in [5.74, 6) is 0.0221. The Morgan fingerprint density at radius 2 is 1.88 bits per heavy atom. The lowest BCUT2D eigenvalue weighted by Crippen LogP contribution is -2.09. The number of hydrogen-bond donors (Lipinski definition) is 0. The molecule has 1 rings (SSSR count). The van der Waals surface area contributed by atoms with Crippen LogP contribution in [0.4, 0.5) is 22.0 Å². The predicted octanol–water partition coefficient (Wildman–Crippen LogP) is 3.95. The van der Waals surface area contributed by atoms with Gasteiger partial charge < -0.3 is 4.74 Å². The van der Waals surface area contributed by atoms with Crippen LogP contribution < -0.4 is 4.74 Å². The van der Waals surface area contributed by atoms with Crippen LogP contribution in [0.2, 0.25) is 0 Å². The maximum absolute atomic E-state index is 12.2. The molecule has 7 heteroatoms. The van der Waals surface area contributed by atoms with Gasteiger partial charge in [-0.2, -0.15) is 13.2 Å². The molecule has 0 N–H and O–H groups in total. The molecule has 0 bridgehead atoms. The lowest BCUT2D eigenvalue weighted by atomic mass is 10.2. The fraction of sp³-hybridized carbons (Fsp3) is 0.333. The van der Waals surface area contributed by atoms with Crippen LogP contribution >= 0.6 is 22.6 Å². The quantitative estimate of drug-likeness (QED) is 0.591. The number of ether oxygens (including phenoxy) is 1. The highest BCUT2D eigenvalue weighted by Gasteiger charge is 2.30. The summed E-state index contributed by atoms with van der Waals surface area (Å²) in [6.45, 7) is -0.832. The van der Waals surface area contributed by atoms with Gasteiger partial charge in [0.15, 0.2) is 0 Å². The summed E-state index contributed by atoms with van der Waals surface area (Å²) in [7, 11) is 0. The van der Waals surface area contributed by atoms with Gasteiger partial charge in [-0.1, -0.05) is 0 Å². The molecule has 0 fully saturated rings. The van der Waals surface area contributed by atoms with Crippen molar-refractivity contribution in [3.05, 3.63) is 27.3 Å².